The fraction of sp³-hybridized carbons (Fsp3) is 0.125. The first kappa shape index (κ1) is 12.1. The standard InChI is InChI=1S/C8H6ClN3O4/c9-3-4-10-7-2-1-6(11(13)14)5-8(7)12(15)16/h1-2,4-5H,3H2/b10-4+. The molecule has 0 amide bonds. The van der Waals surface area contributed by atoms with E-state index in [1.54, 1.807) is 0 Å². The molecular formula is C8H6ClN3O4. The van der Waals surface area contributed by atoms with Crippen molar-refractivity contribution < 1.29 is 9.85 Å². The summed E-state index contributed by atoms with van der Waals surface area (Å²) in [7, 11) is 0. The van der Waals surface area contributed by atoms with Crippen molar-refractivity contribution in [3.8, 4) is 0 Å². The highest BCUT2D eigenvalue weighted by molar-refractivity contribution is 6.24. The molecule has 0 aromatic heterocycles. The van der Waals surface area contributed by atoms with Gasteiger partial charge >= 0.3 is 5.69 Å². The van der Waals surface area contributed by atoms with Crippen LogP contribution in [-0.4, -0.2) is 21.9 Å². The van der Waals surface area contributed by atoms with Gasteiger partial charge in [-0.15, -0.1) is 11.6 Å². The van der Waals surface area contributed by atoms with Crippen LogP contribution in [-0.2, 0) is 0 Å². The fourth-order valence-electron chi connectivity index (χ4n) is 1.01. The van der Waals surface area contributed by atoms with Gasteiger partial charge in [-0.25, -0.2) is 0 Å². The number of nitrogens with zero attached hydrogens (tertiary/aromatic N) is 3. The molecule has 8 heteroatoms. The molecule has 0 radical (unpaired) electrons. The lowest BCUT2D eigenvalue weighted by Crippen LogP contribution is -1.93. The highest BCUT2D eigenvalue weighted by Gasteiger charge is 2.18. The second-order valence-corrected chi connectivity index (χ2v) is 2.96. The Morgan fingerprint density at radius 2 is 2.00 bits per heavy atom. The molecule has 16 heavy (non-hydrogen) atoms. The molecule has 0 atom stereocenters. The highest BCUT2D eigenvalue weighted by Crippen LogP contribution is 2.30. The van der Waals surface area contributed by atoms with Crippen molar-refractivity contribution in [3.63, 3.8) is 0 Å². The Morgan fingerprint density at radius 3 is 2.50 bits per heavy atom. The summed E-state index contributed by atoms with van der Waals surface area (Å²) in [5.41, 5.74) is -0.733. The van der Waals surface area contributed by atoms with E-state index in [2.05, 4.69) is 4.99 Å². The Kier molecular flexibility index (Phi) is 3.90. The lowest BCUT2D eigenvalue weighted by molar-refractivity contribution is -0.393. The molecule has 1 rings (SSSR count). The van der Waals surface area contributed by atoms with E-state index in [4.69, 9.17) is 11.6 Å². The number of rotatable bonds is 4. The first-order valence-corrected chi connectivity index (χ1v) is 4.61. The van der Waals surface area contributed by atoms with E-state index in [0.29, 0.717) is 0 Å². The zero-order chi connectivity index (χ0) is 12.1. The van der Waals surface area contributed by atoms with E-state index in [1.807, 2.05) is 0 Å². The summed E-state index contributed by atoms with van der Waals surface area (Å²) >= 11 is 5.34. The minimum atomic E-state index is -0.728. The minimum absolute atomic E-state index is 0.0382. The predicted octanol–water partition coefficient (Wildman–Crippen LogP) is 2.44. The summed E-state index contributed by atoms with van der Waals surface area (Å²) in [6, 6.07) is 3.22. The summed E-state index contributed by atoms with van der Waals surface area (Å²) in [6.45, 7) is 0. The molecule has 0 fully saturated rings. The molecule has 7 nitrogen and oxygen atoms in total. The lowest BCUT2D eigenvalue weighted by Gasteiger charge is -1.96. The number of benzene rings is 1. The summed E-state index contributed by atoms with van der Waals surface area (Å²) in [5, 5.41) is 21.1. The van der Waals surface area contributed by atoms with Crippen LogP contribution in [0.3, 0.4) is 0 Å². The second-order valence-electron chi connectivity index (χ2n) is 2.65. The van der Waals surface area contributed by atoms with Gasteiger partial charge in [-0.05, 0) is 6.07 Å². The maximum Gasteiger partial charge on any atom is 0.301 e. The number of nitro groups is 2. The average molecular weight is 244 g/mol. The summed E-state index contributed by atoms with van der Waals surface area (Å²) in [6.07, 6.45) is 1.27. The lowest BCUT2D eigenvalue weighted by atomic mass is 10.2. The third kappa shape index (κ3) is 2.74. The Hall–Kier alpha value is -2.02. The van der Waals surface area contributed by atoms with Crippen LogP contribution in [0.1, 0.15) is 0 Å². The van der Waals surface area contributed by atoms with Crippen LogP contribution in [0.2, 0.25) is 0 Å². The quantitative estimate of drug-likeness (QED) is 0.351. The van der Waals surface area contributed by atoms with Crippen LogP contribution in [0.15, 0.2) is 23.2 Å². The van der Waals surface area contributed by atoms with Crippen molar-refractivity contribution in [2.45, 2.75) is 0 Å². The van der Waals surface area contributed by atoms with Crippen LogP contribution < -0.4 is 0 Å². The summed E-state index contributed by atoms with van der Waals surface area (Å²) in [4.78, 5) is 23.4. The van der Waals surface area contributed by atoms with E-state index >= 15 is 0 Å². The summed E-state index contributed by atoms with van der Waals surface area (Å²) < 4.78 is 0. The molecule has 0 aliphatic rings. The monoisotopic (exact) mass is 243 g/mol. The van der Waals surface area contributed by atoms with Crippen molar-refractivity contribution >= 4 is 34.9 Å². The van der Waals surface area contributed by atoms with Crippen molar-refractivity contribution in [2.75, 3.05) is 5.88 Å². The van der Waals surface area contributed by atoms with E-state index in [-0.39, 0.29) is 17.3 Å². The van der Waals surface area contributed by atoms with Gasteiger partial charge in [0.25, 0.3) is 5.69 Å². The summed E-state index contributed by atoms with van der Waals surface area (Å²) in [5.74, 6) is 0.105. The molecule has 0 N–H and O–H groups in total. The fourth-order valence-corrected chi connectivity index (χ4v) is 1.08. The van der Waals surface area contributed by atoms with Crippen molar-refractivity contribution in [1.29, 1.82) is 0 Å². The van der Waals surface area contributed by atoms with Crippen molar-refractivity contribution in [1.82, 2.24) is 0 Å². The first-order valence-electron chi connectivity index (χ1n) is 4.07. The van der Waals surface area contributed by atoms with Crippen LogP contribution in [0, 0.1) is 20.2 Å². The number of halogens is 1. The maximum absolute atomic E-state index is 10.6. The zero-order valence-corrected chi connectivity index (χ0v) is 8.63. The number of aliphatic imine (C=N–C) groups is 1. The predicted molar refractivity (Wildman–Crippen MR) is 58.6 cm³/mol. The molecule has 0 bridgehead atoms. The van der Waals surface area contributed by atoms with Crippen molar-refractivity contribution in [3.05, 3.63) is 38.4 Å². The number of non-ortho nitro benzene ring substituents is 1. The van der Waals surface area contributed by atoms with E-state index in [1.165, 1.54) is 12.3 Å². The smallest absolute Gasteiger partial charge is 0.258 e. The largest absolute Gasteiger partial charge is 0.301 e. The van der Waals surface area contributed by atoms with Gasteiger partial charge in [0.1, 0.15) is 5.69 Å². The molecule has 1 aromatic carbocycles. The third-order valence-corrected chi connectivity index (χ3v) is 1.80. The van der Waals surface area contributed by atoms with Crippen LogP contribution in [0.4, 0.5) is 17.1 Å². The molecule has 0 heterocycles. The second kappa shape index (κ2) is 5.17. The van der Waals surface area contributed by atoms with Gasteiger partial charge < -0.3 is 0 Å². The molecule has 1 aromatic rings. The minimum Gasteiger partial charge on any atom is -0.258 e. The van der Waals surface area contributed by atoms with Gasteiger partial charge in [0.05, 0.1) is 21.8 Å². The van der Waals surface area contributed by atoms with Gasteiger partial charge in [0.15, 0.2) is 0 Å². The van der Waals surface area contributed by atoms with Crippen molar-refractivity contribution in [2.24, 2.45) is 4.99 Å². The first-order chi connectivity index (χ1) is 7.56. The van der Waals surface area contributed by atoms with Gasteiger partial charge in [-0.3, -0.25) is 25.2 Å². The number of hydrogen-bond acceptors (Lipinski definition) is 5. The Morgan fingerprint density at radius 1 is 1.31 bits per heavy atom. The molecular weight excluding hydrogens is 238 g/mol. The molecule has 0 unspecified atom stereocenters. The van der Waals surface area contributed by atoms with Gasteiger partial charge in [-0.2, -0.15) is 0 Å². The normalized spacial score (nSPS) is 10.6. The number of alkyl halides is 1. The Balaban J connectivity index is 3.24. The van der Waals surface area contributed by atoms with Crippen LogP contribution in [0.25, 0.3) is 0 Å². The zero-order valence-electron chi connectivity index (χ0n) is 7.87. The molecule has 0 saturated heterocycles. The Labute approximate surface area is 94.7 Å². The Bertz CT molecular complexity index is 461. The topological polar surface area (TPSA) is 98.6 Å². The van der Waals surface area contributed by atoms with Gasteiger partial charge in [-0.1, -0.05) is 0 Å². The highest BCUT2D eigenvalue weighted by atomic mass is 35.5. The number of nitro benzene ring substituents is 2. The SMILES string of the molecule is O=[N+]([O-])c1ccc(/N=C/CCl)c([N+](=O)[O-])c1. The van der Waals surface area contributed by atoms with Crippen LogP contribution >= 0.6 is 11.6 Å². The molecule has 0 aliphatic heterocycles. The number of hydrogen-bond donors (Lipinski definition) is 0. The van der Waals surface area contributed by atoms with Gasteiger partial charge in [0, 0.05) is 12.3 Å². The molecule has 0 aliphatic carbocycles. The van der Waals surface area contributed by atoms with Crippen LogP contribution in [0.5, 0.6) is 0 Å². The molecule has 0 spiro atoms. The van der Waals surface area contributed by atoms with E-state index in [0.717, 1.165) is 12.1 Å². The maximum atomic E-state index is 10.6. The molecule has 84 valence electrons. The van der Waals surface area contributed by atoms with E-state index in [9.17, 15) is 20.2 Å². The molecule has 0 saturated carbocycles. The average Bonchev–Trinajstić information content (AvgIpc) is 2.25. The van der Waals surface area contributed by atoms with E-state index < -0.39 is 15.5 Å². The van der Waals surface area contributed by atoms with Gasteiger partial charge in [0.2, 0.25) is 0 Å². The third-order valence-electron chi connectivity index (χ3n) is 1.67.